The van der Waals surface area contributed by atoms with E-state index in [0.29, 0.717) is 12.1 Å². The summed E-state index contributed by atoms with van der Waals surface area (Å²) in [7, 11) is 0. The van der Waals surface area contributed by atoms with Crippen molar-refractivity contribution >= 4 is 17.5 Å². The SMILES string of the molecule is CCCCNC(=O)c1cccc(NC(=O)c2ccccc2)c1O. The average Bonchev–Trinajstić information content (AvgIpc) is 2.57. The third-order valence-corrected chi connectivity index (χ3v) is 3.38. The van der Waals surface area contributed by atoms with Crippen molar-refractivity contribution < 1.29 is 14.7 Å². The van der Waals surface area contributed by atoms with Crippen molar-refractivity contribution in [3.63, 3.8) is 0 Å². The standard InChI is InChI=1S/C18H20N2O3/c1-2-3-12-19-18(23)14-10-7-11-15(16(14)21)20-17(22)13-8-5-4-6-9-13/h4-11,21H,2-3,12H2,1H3,(H,19,23)(H,20,22). The van der Waals surface area contributed by atoms with Crippen LogP contribution >= 0.6 is 0 Å². The molecular weight excluding hydrogens is 292 g/mol. The third kappa shape index (κ3) is 4.32. The molecule has 0 unspecified atom stereocenters. The normalized spacial score (nSPS) is 10.1. The first-order chi connectivity index (χ1) is 11.1. The fourth-order valence-corrected chi connectivity index (χ4v) is 2.09. The van der Waals surface area contributed by atoms with Gasteiger partial charge in [0.25, 0.3) is 11.8 Å². The zero-order chi connectivity index (χ0) is 16.7. The molecule has 0 spiro atoms. The van der Waals surface area contributed by atoms with Crippen LogP contribution in [0.15, 0.2) is 48.5 Å². The third-order valence-electron chi connectivity index (χ3n) is 3.38. The zero-order valence-corrected chi connectivity index (χ0v) is 13.0. The number of carbonyl (C=O) groups excluding carboxylic acids is 2. The molecule has 2 aromatic rings. The van der Waals surface area contributed by atoms with Crippen molar-refractivity contribution in [2.24, 2.45) is 0 Å². The highest BCUT2D eigenvalue weighted by atomic mass is 16.3. The monoisotopic (exact) mass is 312 g/mol. The lowest BCUT2D eigenvalue weighted by molar-refractivity contribution is 0.0949. The summed E-state index contributed by atoms with van der Waals surface area (Å²) in [5.74, 6) is -0.929. The molecule has 23 heavy (non-hydrogen) atoms. The van der Waals surface area contributed by atoms with Gasteiger partial charge in [0.15, 0.2) is 5.75 Å². The molecule has 0 aliphatic heterocycles. The molecule has 2 amide bonds. The average molecular weight is 312 g/mol. The van der Waals surface area contributed by atoms with Gasteiger partial charge < -0.3 is 15.7 Å². The molecule has 5 nitrogen and oxygen atoms in total. The van der Waals surface area contributed by atoms with E-state index in [9.17, 15) is 14.7 Å². The number of hydrogen-bond donors (Lipinski definition) is 3. The number of aromatic hydroxyl groups is 1. The topological polar surface area (TPSA) is 78.4 Å². The van der Waals surface area contributed by atoms with Crippen LogP contribution in [-0.2, 0) is 0 Å². The van der Waals surface area contributed by atoms with Gasteiger partial charge in [-0.05, 0) is 30.7 Å². The number of unbranched alkanes of at least 4 members (excludes halogenated alkanes) is 1. The molecule has 2 rings (SSSR count). The predicted octanol–water partition coefficient (Wildman–Crippen LogP) is 3.17. The molecule has 0 fully saturated rings. The molecule has 0 bridgehead atoms. The van der Waals surface area contributed by atoms with E-state index in [1.54, 1.807) is 36.4 Å². The van der Waals surface area contributed by atoms with Crippen molar-refractivity contribution in [3.05, 3.63) is 59.7 Å². The molecule has 5 heteroatoms. The number of carbonyl (C=O) groups is 2. The van der Waals surface area contributed by atoms with Gasteiger partial charge in [-0.2, -0.15) is 0 Å². The van der Waals surface area contributed by atoms with Gasteiger partial charge in [0.2, 0.25) is 0 Å². The van der Waals surface area contributed by atoms with Gasteiger partial charge >= 0.3 is 0 Å². The summed E-state index contributed by atoms with van der Waals surface area (Å²) in [4.78, 5) is 24.2. The predicted molar refractivity (Wildman–Crippen MR) is 89.7 cm³/mol. The minimum absolute atomic E-state index is 0.145. The molecule has 0 heterocycles. The zero-order valence-electron chi connectivity index (χ0n) is 13.0. The summed E-state index contributed by atoms with van der Waals surface area (Å²) in [6.07, 6.45) is 1.84. The van der Waals surface area contributed by atoms with Gasteiger partial charge in [0.1, 0.15) is 0 Å². The second-order valence-electron chi connectivity index (χ2n) is 5.13. The second-order valence-corrected chi connectivity index (χ2v) is 5.13. The lowest BCUT2D eigenvalue weighted by Gasteiger charge is -2.11. The lowest BCUT2D eigenvalue weighted by Crippen LogP contribution is -2.24. The van der Waals surface area contributed by atoms with Crippen molar-refractivity contribution in [2.45, 2.75) is 19.8 Å². The molecule has 0 aromatic heterocycles. The summed E-state index contributed by atoms with van der Waals surface area (Å²) in [5, 5.41) is 15.6. The maximum atomic E-state index is 12.1. The van der Waals surface area contributed by atoms with Gasteiger partial charge in [-0.3, -0.25) is 9.59 Å². The van der Waals surface area contributed by atoms with Crippen LogP contribution < -0.4 is 10.6 Å². The number of hydrogen-bond acceptors (Lipinski definition) is 3. The fraction of sp³-hybridized carbons (Fsp3) is 0.222. The van der Waals surface area contributed by atoms with E-state index < -0.39 is 0 Å². The molecule has 2 aromatic carbocycles. The number of nitrogens with one attached hydrogen (secondary N) is 2. The molecular formula is C18H20N2O3. The minimum atomic E-state index is -0.355. The van der Waals surface area contributed by atoms with Crippen LogP contribution in [0.4, 0.5) is 5.69 Å². The quantitative estimate of drug-likeness (QED) is 0.566. The van der Waals surface area contributed by atoms with E-state index in [2.05, 4.69) is 10.6 Å². The van der Waals surface area contributed by atoms with Crippen LogP contribution in [0.1, 0.15) is 40.5 Å². The van der Waals surface area contributed by atoms with Crippen molar-refractivity contribution in [2.75, 3.05) is 11.9 Å². The Bertz CT molecular complexity index is 684. The van der Waals surface area contributed by atoms with E-state index in [4.69, 9.17) is 0 Å². The van der Waals surface area contributed by atoms with E-state index in [1.807, 2.05) is 13.0 Å². The van der Waals surface area contributed by atoms with Crippen molar-refractivity contribution in [1.29, 1.82) is 0 Å². The highest BCUT2D eigenvalue weighted by Crippen LogP contribution is 2.27. The molecule has 0 aliphatic rings. The first-order valence-electron chi connectivity index (χ1n) is 7.60. The van der Waals surface area contributed by atoms with E-state index >= 15 is 0 Å². The maximum absolute atomic E-state index is 12.1. The number of phenolic OH excluding ortho intramolecular Hbond substituents is 1. The molecule has 0 aliphatic carbocycles. The van der Waals surface area contributed by atoms with E-state index in [1.165, 1.54) is 6.07 Å². The summed E-state index contributed by atoms with van der Waals surface area (Å²) in [6.45, 7) is 2.58. The molecule has 0 saturated carbocycles. The van der Waals surface area contributed by atoms with Gasteiger partial charge in [0.05, 0.1) is 11.3 Å². The van der Waals surface area contributed by atoms with Crippen LogP contribution in [0.2, 0.25) is 0 Å². The first-order valence-corrected chi connectivity index (χ1v) is 7.60. The number of rotatable bonds is 6. The smallest absolute Gasteiger partial charge is 0.255 e. The van der Waals surface area contributed by atoms with Crippen LogP contribution in [0, 0.1) is 0 Å². The minimum Gasteiger partial charge on any atom is -0.505 e. The highest BCUT2D eigenvalue weighted by molar-refractivity contribution is 6.06. The summed E-state index contributed by atoms with van der Waals surface area (Å²) in [6, 6.07) is 13.4. The Hall–Kier alpha value is -2.82. The molecule has 0 saturated heterocycles. The number of phenols is 1. The Labute approximate surface area is 135 Å². The Kier molecular flexibility index (Phi) is 5.74. The van der Waals surface area contributed by atoms with Gasteiger partial charge in [-0.25, -0.2) is 0 Å². The van der Waals surface area contributed by atoms with E-state index in [0.717, 1.165) is 12.8 Å². The largest absolute Gasteiger partial charge is 0.505 e. The lowest BCUT2D eigenvalue weighted by atomic mass is 10.1. The van der Waals surface area contributed by atoms with Crippen molar-refractivity contribution in [1.82, 2.24) is 5.32 Å². The molecule has 120 valence electrons. The Morgan fingerprint density at radius 3 is 2.43 bits per heavy atom. The van der Waals surface area contributed by atoms with Crippen molar-refractivity contribution in [3.8, 4) is 5.75 Å². The Balaban J connectivity index is 2.13. The fourth-order valence-electron chi connectivity index (χ4n) is 2.09. The molecule has 0 radical (unpaired) electrons. The molecule has 3 N–H and O–H groups in total. The van der Waals surface area contributed by atoms with Gasteiger partial charge in [-0.1, -0.05) is 37.6 Å². The van der Waals surface area contributed by atoms with Crippen LogP contribution in [-0.4, -0.2) is 23.5 Å². The number of anilines is 1. The van der Waals surface area contributed by atoms with Gasteiger partial charge in [-0.15, -0.1) is 0 Å². The van der Waals surface area contributed by atoms with Gasteiger partial charge in [0, 0.05) is 12.1 Å². The second kappa shape index (κ2) is 7.98. The van der Waals surface area contributed by atoms with E-state index in [-0.39, 0.29) is 28.8 Å². The summed E-state index contributed by atoms with van der Waals surface area (Å²) in [5.41, 5.74) is 0.832. The number of amides is 2. The molecule has 0 atom stereocenters. The summed E-state index contributed by atoms with van der Waals surface area (Å²) >= 11 is 0. The highest BCUT2D eigenvalue weighted by Gasteiger charge is 2.15. The Morgan fingerprint density at radius 1 is 1.00 bits per heavy atom. The summed E-state index contributed by atoms with van der Waals surface area (Å²) < 4.78 is 0. The number of para-hydroxylation sites is 1. The van der Waals surface area contributed by atoms with Crippen LogP contribution in [0.3, 0.4) is 0 Å². The first kappa shape index (κ1) is 16.5. The van der Waals surface area contributed by atoms with Crippen LogP contribution in [0.25, 0.3) is 0 Å². The van der Waals surface area contributed by atoms with Crippen LogP contribution in [0.5, 0.6) is 5.75 Å². The number of benzene rings is 2. The Morgan fingerprint density at radius 2 is 1.74 bits per heavy atom. The maximum Gasteiger partial charge on any atom is 0.255 e.